The van der Waals surface area contributed by atoms with Crippen molar-refractivity contribution in [3.63, 3.8) is 0 Å². The number of unbranched alkanes of at least 4 members (excludes halogenated alkanes) is 1. The van der Waals surface area contributed by atoms with Crippen LogP contribution in [0.3, 0.4) is 0 Å². The van der Waals surface area contributed by atoms with Crippen molar-refractivity contribution in [2.75, 3.05) is 13.1 Å². The largest absolute Gasteiger partial charge is 0.469 e. The van der Waals surface area contributed by atoms with Crippen LogP contribution in [0, 0.1) is 0 Å². The molecule has 1 saturated carbocycles. The summed E-state index contributed by atoms with van der Waals surface area (Å²) in [6.07, 6.45) is 10.2. The lowest BCUT2D eigenvalue weighted by Crippen LogP contribution is -2.46. The van der Waals surface area contributed by atoms with Gasteiger partial charge in [-0.25, -0.2) is 0 Å². The monoisotopic (exact) mass is 349 g/mol. The van der Waals surface area contributed by atoms with E-state index in [4.69, 9.17) is 14.1 Å². The fraction of sp³-hybridized carbons (Fsp3) is 0.750. The maximum Gasteiger partial charge on any atom is 0.191 e. The maximum atomic E-state index is 5.95. The second-order valence-corrected chi connectivity index (χ2v) is 7.14. The predicted octanol–water partition coefficient (Wildman–Crippen LogP) is 3.89. The molecule has 1 fully saturated rings. The Morgan fingerprint density at radius 1 is 1.32 bits per heavy atom. The first-order chi connectivity index (χ1) is 12.2. The summed E-state index contributed by atoms with van der Waals surface area (Å²) in [4.78, 5) is 4.73. The molecule has 0 amide bonds. The molecule has 5 nitrogen and oxygen atoms in total. The van der Waals surface area contributed by atoms with Gasteiger partial charge in [-0.15, -0.1) is 0 Å². The number of aliphatic imine (C=N–C) groups is 1. The predicted molar refractivity (Wildman–Crippen MR) is 103 cm³/mol. The molecule has 0 atom stereocenters. The van der Waals surface area contributed by atoms with Gasteiger partial charge in [0.25, 0.3) is 0 Å². The van der Waals surface area contributed by atoms with E-state index in [0.29, 0.717) is 18.2 Å². The number of hydrogen-bond donors (Lipinski definition) is 2. The molecule has 0 unspecified atom stereocenters. The highest BCUT2D eigenvalue weighted by molar-refractivity contribution is 5.80. The van der Waals surface area contributed by atoms with E-state index >= 15 is 0 Å². The third-order valence-corrected chi connectivity index (χ3v) is 4.51. The number of hydrogen-bond acceptors (Lipinski definition) is 3. The second-order valence-electron chi connectivity index (χ2n) is 7.14. The Morgan fingerprint density at radius 3 is 2.76 bits per heavy atom. The van der Waals surface area contributed by atoms with E-state index in [2.05, 4.69) is 31.4 Å². The Kier molecular flexibility index (Phi) is 8.87. The van der Waals surface area contributed by atoms with Crippen molar-refractivity contribution in [1.82, 2.24) is 10.6 Å². The standard InChI is InChI=1S/C20H35N3O2/c1-4-5-13-21-20(22-14-12-18-7-6-15-24-18)23-17-8-10-19(11-9-17)25-16(2)3/h6-7,15-17,19H,4-5,8-14H2,1-3H3,(H2,21,22,23). The molecule has 2 rings (SSSR count). The van der Waals surface area contributed by atoms with E-state index in [-0.39, 0.29) is 0 Å². The molecule has 1 aromatic heterocycles. The van der Waals surface area contributed by atoms with Gasteiger partial charge in [0.1, 0.15) is 5.76 Å². The first-order valence-corrected chi connectivity index (χ1v) is 9.90. The summed E-state index contributed by atoms with van der Waals surface area (Å²) in [6.45, 7) is 8.14. The first-order valence-electron chi connectivity index (χ1n) is 9.90. The van der Waals surface area contributed by atoms with E-state index in [1.165, 1.54) is 6.42 Å². The summed E-state index contributed by atoms with van der Waals surface area (Å²) in [6, 6.07) is 4.43. The minimum Gasteiger partial charge on any atom is -0.469 e. The zero-order valence-electron chi connectivity index (χ0n) is 16.1. The zero-order valence-corrected chi connectivity index (χ0v) is 16.1. The van der Waals surface area contributed by atoms with Crippen LogP contribution in [0.15, 0.2) is 27.8 Å². The molecule has 5 heteroatoms. The van der Waals surface area contributed by atoms with Crippen molar-refractivity contribution in [2.45, 2.75) is 84.0 Å². The van der Waals surface area contributed by atoms with Crippen molar-refractivity contribution in [3.8, 4) is 0 Å². The number of guanidine groups is 1. The summed E-state index contributed by atoms with van der Waals surface area (Å²) >= 11 is 0. The minimum atomic E-state index is 0.323. The van der Waals surface area contributed by atoms with Crippen LogP contribution in [0.5, 0.6) is 0 Å². The van der Waals surface area contributed by atoms with Gasteiger partial charge < -0.3 is 19.8 Å². The van der Waals surface area contributed by atoms with E-state index in [1.54, 1.807) is 6.26 Å². The average molecular weight is 350 g/mol. The zero-order chi connectivity index (χ0) is 17.9. The molecule has 0 bridgehead atoms. The quantitative estimate of drug-likeness (QED) is 0.403. The number of ether oxygens (including phenoxy) is 1. The Balaban J connectivity index is 1.76. The van der Waals surface area contributed by atoms with Gasteiger partial charge in [-0.1, -0.05) is 13.3 Å². The van der Waals surface area contributed by atoms with E-state index in [1.807, 2.05) is 12.1 Å². The smallest absolute Gasteiger partial charge is 0.191 e. The van der Waals surface area contributed by atoms with Crippen molar-refractivity contribution in [1.29, 1.82) is 0 Å². The van der Waals surface area contributed by atoms with Crippen LogP contribution in [0.1, 0.15) is 65.1 Å². The third kappa shape index (κ3) is 7.95. The summed E-state index contributed by atoms with van der Waals surface area (Å²) in [5.41, 5.74) is 0. The molecule has 0 spiro atoms. The summed E-state index contributed by atoms with van der Waals surface area (Å²) in [5.74, 6) is 1.94. The van der Waals surface area contributed by atoms with Gasteiger partial charge in [-0.2, -0.15) is 0 Å². The summed E-state index contributed by atoms with van der Waals surface area (Å²) in [7, 11) is 0. The van der Waals surface area contributed by atoms with E-state index in [0.717, 1.165) is 63.3 Å². The van der Waals surface area contributed by atoms with Crippen molar-refractivity contribution in [3.05, 3.63) is 24.2 Å². The summed E-state index contributed by atoms with van der Waals surface area (Å²) in [5, 5.41) is 7.08. The molecular formula is C20H35N3O2. The molecule has 0 aromatic carbocycles. The lowest BCUT2D eigenvalue weighted by Gasteiger charge is -2.31. The SMILES string of the molecule is CCCCN=C(NCCc1ccco1)NC1CCC(OC(C)C)CC1. The normalized spacial score (nSPS) is 21.5. The van der Waals surface area contributed by atoms with Gasteiger partial charge in [-0.3, -0.25) is 4.99 Å². The number of rotatable bonds is 9. The van der Waals surface area contributed by atoms with Crippen molar-refractivity contribution < 1.29 is 9.15 Å². The number of furan rings is 1. The molecule has 1 heterocycles. The molecule has 1 aromatic rings. The first kappa shape index (κ1) is 19.8. The minimum absolute atomic E-state index is 0.323. The molecule has 0 radical (unpaired) electrons. The van der Waals surface area contributed by atoms with Crippen LogP contribution < -0.4 is 10.6 Å². The molecule has 0 saturated heterocycles. The highest BCUT2D eigenvalue weighted by Crippen LogP contribution is 2.22. The Labute approximate surface area is 152 Å². The fourth-order valence-corrected chi connectivity index (χ4v) is 3.18. The topological polar surface area (TPSA) is 58.8 Å². The highest BCUT2D eigenvalue weighted by atomic mass is 16.5. The summed E-state index contributed by atoms with van der Waals surface area (Å²) < 4.78 is 11.3. The average Bonchev–Trinajstić information content (AvgIpc) is 3.09. The van der Waals surface area contributed by atoms with Crippen LogP contribution in [-0.2, 0) is 11.2 Å². The molecular weight excluding hydrogens is 314 g/mol. The Hall–Kier alpha value is -1.49. The van der Waals surface area contributed by atoms with Gasteiger partial charge >= 0.3 is 0 Å². The maximum absolute atomic E-state index is 5.95. The molecule has 142 valence electrons. The van der Waals surface area contributed by atoms with Crippen LogP contribution in [0.2, 0.25) is 0 Å². The van der Waals surface area contributed by atoms with E-state index in [9.17, 15) is 0 Å². The molecule has 25 heavy (non-hydrogen) atoms. The second kappa shape index (κ2) is 11.2. The Morgan fingerprint density at radius 2 is 2.12 bits per heavy atom. The number of nitrogens with one attached hydrogen (secondary N) is 2. The molecule has 1 aliphatic carbocycles. The van der Waals surface area contributed by atoms with Crippen LogP contribution >= 0.6 is 0 Å². The number of nitrogens with zero attached hydrogens (tertiary/aromatic N) is 1. The van der Waals surface area contributed by atoms with Gasteiger partial charge in [0.05, 0.1) is 18.5 Å². The molecule has 1 aliphatic rings. The lowest BCUT2D eigenvalue weighted by atomic mass is 9.93. The molecule has 0 aliphatic heterocycles. The Bertz CT molecular complexity index is 477. The van der Waals surface area contributed by atoms with Crippen LogP contribution in [-0.4, -0.2) is 37.3 Å². The van der Waals surface area contributed by atoms with E-state index < -0.39 is 0 Å². The third-order valence-electron chi connectivity index (χ3n) is 4.51. The molecule has 2 N–H and O–H groups in total. The van der Waals surface area contributed by atoms with Crippen molar-refractivity contribution in [2.24, 2.45) is 4.99 Å². The highest BCUT2D eigenvalue weighted by Gasteiger charge is 2.23. The lowest BCUT2D eigenvalue weighted by molar-refractivity contribution is -0.0152. The van der Waals surface area contributed by atoms with Gasteiger partial charge in [-0.05, 0) is 58.1 Å². The van der Waals surface area contributed by atoms with Crippen LogP contribution in [0.4, 0.5) is 0 Å². The van der Waals surface area contributed by atoms with Gasteiger partial charge in [0.15, 0.2) is 5.96 Å². The fourth-order valence-electron chi connectivity index (χ4n) is 3.18. The van der Waals surface area contributed by atoms with Gasteiger partial charge in [0, 0.05) is 25.6 Å². The van der Waals surface area contributed by atoms with Crippen LogP contribution in [0.25, 0.3) is 0 Å². The van der Waals surface area contributed by atoms with Gasteiger partial charge in [0.2, 0.25) is 0 Å². The van der Waals surface area contributed by atoms with Crippen molar-refractivity contribution >= 4 is 5.96 Å².